The van der Waals surface area contributed by atoms with E-state index in [9.17, 15) is 13.6 Å². The third-order valence-electron chi connectivity index (χ3n) is 5.42. The second kappa shape index (κ2) is 7.88. The van der Waals surface area contributed by atoms with E-state index in [1.165, 1.54) is 4.90 Å². The molecule has 2 amide bonds. The summed E-state index contributed by atoms with van der Waals surface area (Å²) in [7, 11) is 3.46. The lowest BCUT2D eigenvalue weighted by atomic mass is 9.82. The van der Waals surface area contributed by atoms with Crippen LogP contribution in [-0.2, 0) is 11.3 Å². The summed E-state index contributed by atoms with van der Waals surface area (Å²) < 4.78 is 33.3. The van der Waals surface area contributed by atoms with Crippen LogP contribution < -0.4 is 5.32 Å². The Hall–Kier alpha value is -1.73. The van der Waals surface area contributed by atoms with Gasteiger partial charge in [-0.25, -0.2) is 13.6 Å². The lowest BCUT2D eigenvalue weighted by Crippen LogP contribution is -2.54. The van der Waals surface area contributed by atoms with Crippen molar-refractivity contribution in [3.05, 3.63) is 35.4 Å². The number of amides is 2. The maximum absolute atomic E-state index is 13.9. The zero-order valence-corrected chi connectivity index (χ0v) is 15.4. The summed E-state index contributed by atoms with van der Waals surface area (Å²) in [5.41, 5.74) is 0.168. The molecule has 1 spiro atoms. The number of nitrogens with zero attached hydrogens (tertiary/aromatic N) is 2. The number of urea groups is 1. The molecule has 7 heteroatoms. The Labute approximate surface area is 153 Å². The quantitative estimate of drug-likeness (QED) is 0.894. The Bertz CT molecular complexity index is 646. The largest absolute Gasteiger partial charge is 0.375 e. The van der Waals surface area contributed by atoms with Gasteiger partial charge in [-0.3, -0.25) is 4.90 Å². The minimum Gasteiger partial charge on any atom is -0.375 e. The highest BCUT2D eigenvalue weighted by Gasteiger charge is 2.40. The van der Waals surface area contributed by atoms with E-state index in [2.05, 4.69) is 10.2 Å². The maximum Gasteiger partial charge on any atom is 0.317 e. The number of piperidine rings is 1. The molecule has 2 aliphatic rings. The van der Waals surface area contributed by atoms with Gasteiger partial charge in [0.25, 0.3) is 0 Å². The fraction of sp³-hybridized carbons (Fsp3) is 0.632. The van der Waals surface area contributed by atoms with E-state index in [1.807, 2.05) is 0 Å². The van der Waals surface area contributed by atoms with Crippen molar-refractivity contribution in [1.29, 1.82) is 0 Å². The first kappa shape index (κ1) is 19.0. The Kier molecular flexibility index (Phi) is 5.77. The lowest BCUT2D eigenvalue weighted by molar-refractivity contribution is -0.119. The van der Waals surface area contributed by atoms with Crippen LogP contribution in [0.4, 0.5) is 13.6 Å². The first-order chi connectivity index (χ1) is 12.4. The predicted octanol–water partition coefficient (Wildman–Crippen LogP) is 2.75. The Morgan fingerprint density at radius 2 is 2.08 bits per heavy atom. The highest BCUT2D eigenvalue weighted by Crippen LogP contribution is 2.35. The molecule has 1 unspecified atom stereocenters. The van der Waals surface area contributed by atoms with Crippen LogP contribution in [-0.4, -0.2) is 61.3 Å². The van der Waals surface area contributed by atoms with Gasteiger partial charge < -0.3 is 15.0 Å². The number of rotatable bonds is 3. The molecule has 0 bridgehead atoms. The zero-order valence-electron chi connectivity index (χ0n) is 15.4. The molecule has 1 atom stereocenters. The van der Waals surface area contributed by atoms with Crippen LogP contribution in [0.3, 0.4) is 0 Å². The van der Waals surface area contributed by atoms with Crippen LogP contribution in [0.15, 0.2) is 18.2 Å². The first-order valence-corrected chi connectivity index (χ1v) is 9.16. The van der Waals surface area contributed by atoms with Crippen molar-refractivity contribution in [1.82, 2.24) is 15.1 Å². The minimum atomic E-state index is -0.800. The highest BCUT2D eigenvalue weighted by molar-refractivity contribution is 5.73. The van der Waals surface area contributed by atoms with Gasteiger partial charge in [-0.05, 0) is 31.7 Å². The fourth-order valence-corrected chi connectivity index (χ4v) is 3.83. The number of carbonyl (C=O) groups excluding carboxylic acids is 1. The molecule has 0 aromatic heterocycles. The van der Waals surface area contributed by atoms with Crippen molar-refractivity contribution in [3.63, 3.8) is 0 Å². The van der Waals surface area contributed by atoms with Gasteiger partial charge in [0.1, 0.15) is 0 Å². The van der Waals surface area contributed by atoms with Crippen molar-refractivity contribution in [2.24, 2.45) is 0 Å². The van der Waals surface area contributed by atoms with Gasteiger partial charge >= 0.3 is 6.03 Å². The van der Waals surface area contributed by atoms with E-state index in [1.54, 1.807) is 26.2 Å². The molecule has 1 N–H and O–H groups in total. The summed E-state index contributed by atoms with van der Waals surface area (Å²) in [5.74, 6) is -1.56. The second-order valence-corrected chi connectivity index (χ2v) is 7.55. The standard InChI is InChI=1S/C19H27F2N3O2/c1-23(2)18(25)22-15-6-11-26-19(12-15)7-9-24(10-8-19)13-14-4-3-5-16(20)17(14)21/h3-5,15H,6-13H2,1-2H3,(H,22,25). The predicted molar refractivity (Wildman–Crippen MR) is 94.8 cm³/mol. The maximum atomic E-state index is 13.9. The SMILES string of the molecule is CN(C)C(=O)NC1CCOC2(CCN(Cc3cccc(F)c3F)CC2)C1. The molecular weight excluding hydrogens is 340 g/mol. The molecule has 2 fully saturated rings. The van der Waals surface area contributed by atoms with E-state index < -0.39 is 11.6 Å². The van der Waals surface area contributed by atoms with Crippen LogP contribution in [0.2, 0.25) is 0 Å². The smallest absolute Gasteiger partial charge is 0.317 e. The van der Waals surface area contributed by atoms with Gasteiger partial charge in [0.15, 0.2) is 11.6 Å². The average Bonchev–Trinajstić information content (AvgIpc) is 2.61. The topological polar surface area (TPSA) is 44.8 Å². The van der Waals surface area contributed by atoms with E-state index in [4.69, 9.17) is 4.74 Å². The van der Waals surface area contributed by atoms with Gasteiger partial charge in [-0.2, -0.15) is 0 Å². The van der Waals surface area contributed by atoms with Crippen LogP contribution in [0, 0.1) is 11.6 Å². The zero-order chi connectivity index (χ0) is 18.7. The molecule has 2 saturated heterocycles. The summed E-state index contributed by atoms with van der Waals surface area (Å²) in [6.45, 7) is 2.58. The summed E-state index contributed by atoms with van der Waals surface area (Å²) in [6, 6.07) is 4.35. The monoisotopic (exact) mass is 367 g/mol. The Morgan fingerprint density at radius 3 is 2.77 bits per heavy atom. The minimum absolute atomic E-state index is 0.0777. The molecule has 3 rings (SSSR count). The lowest BCUT2D eigenvalue weighted by Gasteiger charge is -2.46. The molecule has 26 heavy (non-hydrogen) atoms. The van der Waals surface area contributed by atoms with E-state index in [0.29, 0.717) is 18.7 Å². The summed E-state index contributed by atoms with van der Waals surface area (Å²) >= 11 is 0. The molecule has 1 aromatic carbocycles. The number of carbonyl (C=O) groups is 1. The number of nitrogens with one attached hydrogen (secondary N) is 1. The van der Waals surface area contributed by atoms with Gasteiger partial charge in [-0.15, -0.1) is 0 Å². The van der Waals surface area contributed by atoms with Crippen molar-refractivity contribution in [3.8, 4) is 0 Å². The van der Waals surface area contributed by atoms with E-state index in [-0.39, 0.29) is 17.7 Å². The van der Waals surface area contributed by atoms with Crippen LogP contribution >= 0.6 is 0 Å². The van der Waals surface area contributed by atoms with Crippen LogP contribution in [0.1, 0.15) is 31.2 Å². The van der Waals surface area contributed by atoms with E-state index >= 15 is 0 Å². The van der Waals surface area contributed by atoms with Crippen molar-refractivity contribution in [2.45, 2.75) is 43.9 Å². The van der Waals surface area contributed by atoms with Gasteiger partial charge in [0.2, 0.25) is 0 Å². The molecular formula is C19H27F2N3O2. The number of ether oxygens (including phenoxy) is 1. The number of hydrogen-bond acceptors (Lipinski definition) is 3. The summed E-state index contributed by atoms with van der Waals surface area (Å²) in [4.78, 5) is 15.6. The number of halogens is 2. The Morgan fingerprint density at radius 1 is 1.35 bits per heavy atom. The second-order valence-electron chi connectivity index (χ2n) is 7.55. The van der Waals surface area contributed by atoms with Crippen LogP contribution in [0.25, 0.3) is 0 Å². The normalized spacial score (nSPS) is 23.0. The number of benzene rings is 1. The highest BCUT2D eigenvalue weighted by atomic mass is 19.2. The molecule has 2 heterocycles. The van der Waals surface area contributed by atoms with Crippen molar-refractivity contribution >= 4 is 6.03 Å². The third-order valence-corrected chi connectivity index (χ3v) is 5.42. The fourth-order valence-electron chi connectivity index (χ4n) is 3.83. The molecule has 5 nitrogen and oxygen atoms in total. The molecule has 0 radical (unpaired) electrons. The average molecular weight is 367 g/mol. The molecule has 1 aromatic rings. The van der Waals surface area contributed by atoms with Gasteiger partial charge in [0, 0.05) is 51.9 Å². The number of likely N-dealkylation sites (tertiary alicyclic amines) is 1. The summed E-state index contributed by atoms with van der Waals surface area (Å²) in [5, 5.41) is 3.06. The molecule has 144 valence electrons. The molecule has 0 saturated carbocycles. The van der Waals surface area contributed by atoms with Crippen molar-refractivity contribution in [2.75, 3.05) is 33.8 Å². The Balaban J connectivity index is 1.55. The van der Waals surface area contributed by atoms with Crippen molar-refractivity contribution < 1.29 is 18.3 Å². The first-order valence-electron chi connectivity index (χ1n) is 9.16. The van der Waals surface area contributed by atoms with Crippen LogP contribution in [0.5, 0.6) is 0 Å². The van der Waals surface area contributed by atoms with Gasteiger partial charge in [0.05, 0.1) is 5.60 Å². The number of hydrogen-bond donors (Lipinski definition) is 1. The van der Waals surface area contributed by atoms with E-state index in [0.717, 1.165) is 44.8 Å². The molecule has 0 aliphatic carbocycles. The van der Waals surface area contributed by atoms with Gasteiger partial charge in [-0.1, -0.05) is 12.1 Å². The summed E-state index contributed by atoms with van der Waals surface area (Å²) in [6.07, 6.45) is 3.28. The third kappa shape index (κ3) is 4.32. The molecule has 2 aliphatic heterocycles.